The molecule has 2 N–H and O–H groups in total. The SMILES string of the molecule is CCNC(=NCC1CN(C)CCO1)N1CC[C@@H](O)C1.I. The average molecular weight is 398 g/mol. The summed E-state index contributed by atoms with van der Waals surface area (Å²) < 4.78 is 5.72. The number of β-amino-alcohol motifs (C(OH)–C–C–N with tert-alkyl or cyclic N) is 1. The van der Waals surface area contributed by atoms with Gasteiger partial charge in [-0.25, -0.2) is 0 Å². The van der Waals surface area contributed by atoms with Crippen LogP contribution >= 0.6 is 24.0 Å². The van der Waals surface area contributed by atoms with Gasteiger partial charge < -0.3 is 25.0 Å². The van der Waals surface area contributed by atoms with Crippen LogP contribution in [0.25, 0.3) is 0 Å². The number of aliphatic imine (C=N–C) groups is 1. The maximum atomic E-state index is 9.61. The third kappa shape index (κ3) is 5.34. The van der Waals surface area contributed by atoms with E-state index in [1.165, 1.54) is 0 Å². The van der Waals surface area contributed by atoms with E-state index in [4.69, 9.17) is 4.74 Å². The molecule has 0 saturated carbocycles. The number of hydrogen-bond donors (Lipinski definition) is 2. The summed E-state index contributed by atoms with van der Waals surface area (Å²) in [7, 11) is 2.11. The third-order valence-corrected chi connectivity index (χ3v) is 3.58. The van der Waals surface area contributed by atoms with E-state index < -0.39 is 0 Å². The van der Waals surface area contributed by atoms with Gasteiger partial charge in [-0.3, -0.25) is 4.99 Å². The molecule has 0 bridgehead atoms. The van der Waals surface area contributed by atoms with Crippen molar-refractivity contribution in [3.05, 3.63) is 0 Å². The summed E-state index contributed by atoms with van der Waals surface area (Å²) in [6.07, 6.45) is 0.786. The number of rotatable bonds is 3. The Balaban J connectivity index is 0.00000200. The minimum atomic E-state index is -0.221. The highest BCUT2D eigenvalue weighted by Gasteiger charge is 2.23. The molecule has 2 fully saturated rings. The zero-order valence-corrected chi connectivity index (χ0v) is 14.7. The van der Waals surface area contributed by atoms with Crippen molar-refractivity contribution >= 4 is 29.9 Å². The molecule has 2 aliphatic heterocycles. The number of aliphatic hydroxyl groups is 1. The minimum absolute atomic E-state index is 0. The molecule has 0 spiro atoms. The second-order valence-corrected chi connectivity index (χ2v) is 5.34. The van der Waals surface area contributed by atoms with Crippen LogP contribution in [0.2, 0.25) is 0 Å². The maximum Gasteiger partial charge on any atom is 0.194 e. The smallest absolute Gasteiger partial charge is 0.194 e. The van der Waals surface area contributed by atoms with Crippen molar-refractivity contribution < 1.29 is 9.84 Å². The Morgan fingerprint density at radius 1 is 1.40 bits per heavy atom. The van der Waals surface area contributed by atoms with Crippen LogP contribution in [0.1, 0.15) is 13.3 Å². The first-order valence-electron chi connectivity index (χ1n) is 7.20. The molecule has 2 aliphatic rings. The second-order valence-electron chi connectivity index (χ2n) is 5.34. The summed E-state index contributed by atoms with van der Waals surface area (Å²) >= 11 is 0. The molecule has 0 aliphatic carbocycles. The molecule has 0 radical (unpaired) electrons. The Kier molecular flexibility index (Phi) is 8.08. The first-order valence-corrected chi connectivity index (χ1v) is 7.20. The molecule has 118 valence electrons. The lowest BCUT2D eigenvalue weighted by atomic mass is 10.3. The fourth-order valence-electron chi connectivity index (χ4n) is 2.53. The average Bonchev–Trinajstić information content (AvgIpc) is 2.81. The number of halogens is 1. The van der Waals surface area contributed by atoms with Crippen LogP contribution in [0.3, 0.4) is 0 Å². The van der Waals surface area contributed by atoms with Crippen molar-refractivity contribution in [2.75, 3.05) is 52.9 Å². The van der Waals surface area contributed by atoms with Crippen LogP contribution in [-0.2, 0) is 4.74 Å². The fraction of sp³-hybridized carbons (Fsp3) is 0.923. The van der Waals surface area contributed by atoms with Gasteiger partial charge in [0.25, 0.3) is 0 Å². The lowest BCUT2D eigenvalue weighted by molar-refractivity contribution is -0.0137. The van der Waals surface area contributed by atoms with Gasteiger partial charge >= 0.3 is 0 Å². The van der Waals surface area contributed by atoms with Crippen molar-refractivity contribution in [1.29, 1.82) is 0 Å². The summed E-state index contributed by atoms with van der Waals surface area (Å²) in [6.45, 7) is 7.86. The third-order valence-electron chi connectivity index (χ3n) is 3.58. The van der Waals surface area contributed by atoms with Gasteiger partial charge in [-0.05, 0) is 20.4 Å². The molecule has 2 heterocycles. The van der Waals surface area contributed by atoms with Gasteiger partial charge in [-0.15, -0.1) is 24.0 Å². The van der Waals surface area contributed by atoms with Crippen LogP contribution in [0.15, 0.2) is 4.99 Å². The van der Waals surface area contributed by atoms with Crippen LogP contribution in [0.4, 0.5) is 0 Å². The van der Waals surface area contributed by atoms with Crippen molar-refractivity contribution in [1.82, 2.24) is 15.1 Å². The van der Waals surface area contributed by atoms with E-state index in [0.717, 1.165) is 45.2 Å². The van der Waals surface area contributed by atoms with E-state index in [0.29, 0.717) is 13.1 Å². The molecule has 6 nitrogen and oxygen atoms in total. The highest BCUT2D eigenvalue weighted by atomic mass is 127. The van der Waals surface area contributed by atoms with Crippen molar-refractivity contribution in [3.63, 3.8) is 0 Å². The molecule has 20 heavy (non-hydrogen) atoms. The number of hydrogen-bond acceptors (Lipinski definition) is 4. The highest BCUT2D eigenvalue weighted by Crippen LogP contribution is 2.09. The zero-order chi connectivity index (χ0) is 13.7. The standard InChI is InChI=1S/C13H26N4O2.HI/c1-3-14-13(17-5-4-11(18)9-17)15-8-12-10-16(2)6-7-19-12;/h11-12,18H,3-10H2,1-2H3,(H,14,15);1H/t11-,12?;/m1./s1. The van der Waals surface area contributed by atoms with E-state index in [9.17, 15) is 5.11 Å². The minimum Gasteiger partial charge on any atom is -0.391 e. The summed E-state index contributed by atoms with van der Waals surface area (Å²) in [6, 6.07) is 0. The van der Waals surface area contributed by atoms with Crippen molar-refractivity contribution in [2.24, 2.45) is 4.99 Å². The Morgan fingerprint density at radius 3 is 2.80 bits per heavy atom. The molecule has 0 aromatic rings. The van der Waals surface area contributed by atoms with Gasteiger partial charge in [-0.1, -0.05) is 0 Å². The van der Waals surface area contributed by atoms with E-state index >= 15 is 0 Å². The van der Waals surface area contributed by atoms with Gasteiger partial charge in [0.15, 0.2) is 5.96 Å². The van der Waals surface area contributed by atoms with Crippen LogP contribution < -0.4 is 5.32 Å². The van der Waals surface area contributed by atoms with Crippen molar-refractivity contribution in [3.8, 4) is 0 Å². The largest absolute Gasteiger partial charge is 0.391 e. The molecule has 7 heteroatoms. The number of ether oxygens (including phenoxy) is 1. The molecule has 2 rings (SSSR count). The molecule has 0 aromatic carbocycles. The fourth-order valence-corrected chi connectivity index (χ4v) is 2.53. The van der Waals surface area contributed by atoms with Gasteiger partial charge in [0.05, 0.1) is 25.4 Å². The van der Waals surface area contributed by atoms with E-state index in [1.807, 2.05) is 0 Å². The number of likely N-dealkylation sites (N-methyl/N-ethyl adjacent to an activating group) is 1. The maximum absolute atomic E-state index is 9.61. The Hall–Kier alpha value is -0.120. The number of likely N-dealkylation sites (tertiary alicyclic amines) is 1. The van der Waals surface area contributed by atoms with Gasteiger partial charge in [0.1, 0.15) is 0 Å². The van der Waals surface area contributed by atoms with Crippen LogP contribution in [-0.4, -0.2) is 86.0 Å². The van der Waals surface area contributed by atoms with E-state index in [2.05, 4.69) is 34.1 Å². The summed E-state index contributed by atoms with van der Waals surface area (Å²) in [5.41, 5.74) is 0. The van der Waals surface area contributed by atoms with Crippen molar-refractivity contribution in [2.45, 2.75) is 25.6 Å². The first-order chi connectivity index (χ1) is 9.19. The molecule has 0 aromatic heterocycles. The quantitative estimate of drug-likeness (QED) is 0.397. The van der Waals surface area contributed by atoms with Gasteiger partial charge in [-0.2, -0.15) is 0 Å². The molecular weight excluding hydrogens is 371 g/mol. The summed E-state index contributed by atoms with van der Waals surface area (Å²) in [5.74, 6) is 0.899. The normalized spacial score (nSPS) is 28.4. The number of morpholine rings is 1. The number of nitrogens with zero attached hydrogens (tertiary/aromatic N) is 3. The lowest BCUT2D eigenvalue weighted by Crippen LogP contribution is -2.44. The van der Waals surface area contributed by atoms with Crippen LogP contribution in [0.5, 0.6) is 0 Å². The van der Waals surface area contributed by atoms with E-state index in [1.54, 1.807) is 0 Å². The molecule has 2 atom stereocenters. The Morgan fingerprint density at radius 2 is 2.20 bits per heavy atom. The van der Waals surface area contributed by atoms with Gasteiger partial charge in [0.2, 0.25) is 0 Å². The Labute approximate surface area is 138 Å². The number of guanidine groups is 1. The molecule has 0 amide bonds. The lowest BCUT2D eigenvalue weighted by Gasteiger charge is -2.29. The summed E-state index contributed by atoms with van der Waals surface area (Å²) in [4.78, 5) is 9.06. The van der Waals surface area contributed by atoms with E-state index in [-0.39, 0.29) is 36.2 Å². The summed E-state index contributed by atoms with van der Waals surface area (Å²) in [5, 5.41) is 12.9. The zero-order valence-electron chi connectivity index (χ0n) is 12.4. The number of nitrogens with one attached hydrogen (secondary N) is 1. The second kappa shape index (κ2) is 9.01. The first kappa shape index (κ1) is 17.9. The monoisotopic (exact) mass is 398 g/mol. The molecule has 2 saturated heterocycles. The Bertz CT molecular complexity index is 317. The predicted octanol–water partition coefficient (Wildman–Crippen LogP) is -0.0329. The van der Waals surface area contributed by atoms with Gasteiger partial charge in [0, 0.05) is 32.7 Å². The van der Waals surface area contributed by atoms with Crippen LogP contribution in [0, 0.1) is 0 Å². The molecular formula is C13H27IN4O2. The number of aliphatic hydroxyl groups excluding tert-OH is 1. The molecule has 1 unspecified atom stereocenters. The predicted molar refractivity (Wildman–Crippen MR) is 90.8 cm³/mol. The topological polar surface area (TPSA) is 60.3 Å². The highest BCUT2D eigenvalue weighted by molar-refractivity contribution is 14.0.